The van der Waals surface area contributed by atoms with E-state index in [2.05, 4.69) is 10.5 Å². The van der Waals surface area contributed by atoms with E-state index in [4.69, 9.17) is 15.3 Å². The Kier molecular flexibility index (Phi) is 5.38. The van der Waals surface area contributed by atoms with Gasteiger partial charge < -0.3 is 4.74 Å². The van der Waals surface area contributed by atoms with Gasteiger partial charge in [-0.15, -0.1) is 0 Å². The SMILES string of the molecule is N#CC(C#N)=NNc1ccccc1C(=O)Oc1ccc([N+](=O)[O-])cc1. The highest BCUT2D eigenvalue weighted by Crippen LogP contribution is 2.21. The number of ether oxygens (including phenoxy) is 1. The van der Waals surface area contributed by atoms with Crippen molar-refractivity contribution in [2.45, 2.75) is 0 Å². The smallest absolute Gasteiger partial charge is 0.345 e. The molecule has 122 valence electrons. The number of hydrogen-bond acceptors (Lipinski definition) is 8. The molecular formula is C16H9N5O4. The molecule has 0 radical (unpaired) electrons. The first kappa shape index (κ1) is 17.1. The number of nitrogens with zero attached hydrogens (tertiary/aromatic N) is 4. The first-order chi connectivity index (χ1) is 12.0. The van der Waals surface area contributed by atoms with E-state index in [9.17, 15) is 14.9 Å². The standard InChI is InChI=1S/C16H9N5O4/c17-9-11(10-18)19-20-15-4-2-1-3-14(15)16(22)25-13-7-5-12(6-8-13)21(23)24/h1-8,20H. The molecule has 0 aliphatic carbocycles. The van der Waals surface area contributed by atoms with Crippen molar-refractivity contribution in [3.05, 3.63) is 64.2 Å². The van der Waals surface area contributed by atoms with E-state index in [1.807, 2.05) is 0 Å². The number of para-hydroxylation sites is 1. The second-order valence-corrected chi connectivity index (χ2v) is 4.48. The molecular weight excluding hydrogens is 326 g/mol. The molecule has 0 saturated heterocycles. The minimum atomic E-state index is -0.734. The van der Waals surface area contributed by atoms with Gasteiger partial charge in [0.2, 0.25) is 5.71 Å². The van der Waals surface area contributed by atoms with Crippen LogP contribution in [0.2, 0.25) is 0 Å². The van der Waals surface area contributed by atoms with Crippen molar-refractivity contribution in [1.82, 2.24) is 0 Å². The third-order valence-electron chi connectivity index (χ3n) is 2.91. The number of nitro groups is 1. The molecule has 0 fully saturated rings. The molecule has 0 heterocycles. The van der Waals surface area contributed by atoms with Crippen LogP contribution in [0.1, 0.15) is 10.4 Å². The minimum absolute atomic E-state index is 0.111. The zero-order chi connectivity index (χ0) is 18.2. The maximum absolute atomic E-state index is 12.3. The molecule has 9 heteroatoms. The summed E-state index contributed by atoms with van der Waals surface area (Å²) < 4.78 is 5.16. The molecule has 0 unspecified atom stereocenters. The maximum Gasteiger partial charge on any atom is 0.345 e. The number of nitrogens with one attached hydrogen (secondary N) is 1. The van der Waals surface area contributed by atoms with Crippen molar-refractivity contribution in [2.75, 3.05) is 5.43 Å². The van der Waals surface area contributed by atoms with Crippen LogP contribution < -0.4 is 10.2 Å². The minimum Gasteiger partial charge on any atom is -0.423 e. The van der Waals surface area contributed by atoms with Crippen LogP contribution in [0.3, 0.4) is 0 Å². The van der Waals surface area contributed by atoms with Crippen LogP contribution in [-0.2, 0) is 0 Å². The van der Waals surface area contributed by atoms with Crippen LogP contribution in [0.5, 0.6) is 5.75 Å². The number of rotatable bonds is 5. The van der Waals surface area contributed by atoms with Crippen LogP contribution in [-0.4, -0.2) is 16.6 Å². The topological polar surface area (TPSA) is 141 Å². The third kappa shape index (κ3) is 4.37. The second-order valence-electron chi connectivity index (χ2n) is 4.48. The molecule has 25 heavy (non-hydrogen) atoms. The highest BCUT2D eigenvalue weighted by molar-refractivity contribution is 6.10. The number of carbonyl (C=O) groups excluding carboxylic acids is 1. The number of carbonyl (C=O) groups is 1. The van der Waals surface area contributed by atoms with Crippen molar-refractivity contribution < 1.29 is 14.5 Å². The van der Waals surface area contributed by atoms with Crippen molar-refractivity contribution in [3.63, 3.8) is 0 Å². The van der Waals surface area contributed by atoms with Gasteiger partial charge in [-0.3, -0.25) is 15.5 Å². The largest absolute Gasteiger partial charge is 0.423 e. The first-order valence-corrected chi connectivity index (χ1v) is 6.74. The van der Waals surface area contributed by atoms with Crippen molar-refractivity contribution in [2.24, 2.45) is 5.10 Å². The maximum atomic E-state index is 12.3. The van der Waals surface area contributed by atoms with Gasteiger partial charge in [0.1, 0.15) is 17.9 Å². The number of hydrogen-bond donors (Lipinski definition) is 1. The Labute approximate surface area is 141 Å². The lowest BCUT2D eigenvalue weighted by molar-refractivity contribution is -0.384. The summed E-state index contributed by atoms with van der Waals surface area (Å²) in [7, 11) is 0. The summed E-state index contributed by atoms with van der Waals surface area (Å²) in [5, 5.41) is 31.5. The molecule has 2 aromatic rings. The molecule has 0 aromatic heterocycles. The van der Waals surface area contributed by atoms with Gasteiger partial charge in [-0.25, -0.2) is 4.79 Å². The molecule has 1 N–H and O–H groups in total. The lowest BCUT2D eigenvalue weighted by atomic mass is 10.2. The molecule has 0 aliphatic rings. The van der Waals surface area contributed by atoms with Crippen LogP contribution in [0.4, 0.5) is 11.4 Å². The molecule has 0 aliphatic heterocycles. The predicted molar refractivity (Wildman–Crippen MR) is 86.8 cm³/mol. The van der Waals surface area contributed by atoms with Gasteiger partial charge in [0.05, 0.1) is 16.2 Å². The summed E-state index contributed by atoms with van der Waals surface area (Å²) >= 11 is 0. The summed E-state index contributed by atoms with van der Waals surface area (Å²) in [5.74, 6) is -0.605. The molecule has 0 spiro atoms. The quantitative estimate of drug-likeness (QED) is 0.291. The Morgan fingerprint density at radius 2 is 1.76 bits per heavy atom. The van der Waals surface area contributed by atoms with Gasteiger partial charge >= 0.3 is 5.97 Å². The molecule has 2 aromatic carbocycles. The van der Waals surface area contributed by atoms with Crippen LogP contribution in [0.15, 0.2) is 53.6 Å². The van der Waals surface area contributed by atoms with Gasteiger partial charge in [0.15, 0.2) is 0 Å². The van der Waals surface area contributed by atoms with Crippen molar-refractivity contribution in [3.8, 4) is 17.9 Å². The predicted octanol–water partition coefficient (Wildman–Crippen LogP) is 2.63. The van der Waals surface area contributed by atoms with Crippen molar-refractivity contribution in [1.29, 1.82) is 10.5 Å². The number of anilines is 1. The first-order valence-electron chi connectivity index (χ1n) is 6.74. The number of esters is 1. The number of nitro benzene ring substituents is 1. The summed E-state index contributed by atoms with van der Waals surface area (Å²) in [6.45, 7) is 0. The van der Waals surface area contributed by atoms with Gasteiger partial charge in [-0.1, -0.05) is 12.1 Å². The fraction of sp³-hybridized carbons (Fsp3) is 0. The highest BCUT2D eigenvalue weighted by Gasteiger charge is 2.14. The zero-order valence-corrected chi connectivity index (χ0v) is 12.5. The fourth-order valence-corrected chi connectivity index (χ4v) is 1.75. The van der Waals surface area contributed by atoms with E-state index in [0.717, 1.165) is 0 Å². The number of hydrazone groups is 1. The van der Waals surface area contributed by atoms with Gasteiger partial charge in [0.25, 0.3) is 5.69 Å². The molecule has 0 bridgehead atoms. The van der Waals surface area contributed by atoms with E-state index < -0.39 is 16.6 Å². The molecule has 0 saturated carbocycles. The van der Waals surface area contributed by atoms with Crippen LogP contribution in [0, 0.1) is 32.8 Å². The molecule has 0 atom stereocenters. The molecule has 0 amide bonds. The average Bonchev–Trinajstić information content (AvgIpc) is 2.63. The van der Waals surface area contributed by atoms with Gasteiger partial charge in [-0.2, -0.15) is 15.6 Å². The normalized spacial score (nSPS) is 9.20. The van der Waals surface area contributed by atoms with E-state index in [1.54, 1.807) is 24.3 Å². The zero-order valence-electron chi connectivity index (χ0n) is 12.5. The Morgan fingerprint density at radius 3 is 2.36 bits per heavy atom. The van der Waals surface area contributed by atoms with Gasteiger partial charge in [-0.05, 0) is 24.3 Å². The molecule has 2 rings (SSSR count). The Balaban J connectivity index is 2.20. The lowest BCUT2D eigenvalue weighted by Crippen LogP contribution is -2.11. The molecule has 9 nitrogen and oxygen atoms in total. The highest BCUT2D eigenvalue weighted by atomic mass is 16.6. The Bertz CT molecular complexity index is 907. The van der Waals surface area contributed by atoms with Crippen LogP contribution in [0.25, 0.3) is 0 Å². The summed E-state index contributed by atoms with van der Waals surface area (Å²) in [6.07, 6.45) is 0. The third-order valence-corrected chi connectivity index (χ3v) is 2.91. The summed E-state index contributed by atoms with van der Waals surface area (Å²) in [5.41, 5.74) is 2.27. The number of non-ortho nitro benzene ring substituents is 1. The van der Waals surface area contributed by atoms with E-state index in [-0.39, 0.29) is 22.7 Å². The second kappa shape index (κ2) is 7.85. The van der Waals surface area contributed by atoms with E-state index in [0.29, 0.717) is 0 Å². The van der Waals surface area contributed by atoms with Crippen LogP contribution >= 0.6 is 0 Å². The van der Waals surface area contributed by atoms with E-state index >= 15 is 0 Å². The Hall–Kier alpha value is -4.24. The fourth-order valence-electron chi connectivity index (χ4n) is 1.75. The summed E-state index contributed by atoms with van der Waals surface area (Å²) in [6, 6.07) is 14.4. The monoisotopic (exact) mass is 335 g/mol. The summed E-state index contributed by atoms with van der Waals surface area (Å²) in [4.78, 5) is 22.3. The van der Waals surface area contributed by atoms with Gasteiger partial charge in [0, 0.05) is 12.1 Å². The number of benzene rings is 2. The lowest BCUT2D eigenvalue weighted by Gasteiger charge is -2.08. The van der Waals surface area contributed by atoms with E-state index in [1.165, 1.54) is 36.4 Å². The average molecular weight is 335 g/mol. The number of nitriles is 2. The Morgan fingerprint density at radius 1 is 1.12 bits per heavy atom. The van der Waals surface area contributed by atoms with Crippen molar-refractivity contribution >= 4 is 23.1 Å².